The molecule has 0 bridgehead atoms. The fourth-order valence-electron chi connectivity index (χ4n) is 3.14. The van der Waals surface area contributed by atoms with Crippen molar-refractivity contribution in [1.82, 2.24) is 10.3 Å². The predicted molar refractivity (Wildman–Crippen MR) is 125 cm³/mol. The molecule has 3 N–H and O–H groups in total. The molecule has 0 saturated heterocycles. The van der Waals surface area contributed by atoms with Gasteiger partial charge >= 0.3 is 0 Å². The molecule has 0 aliphatic rings. The Morgan fingerprint density at radius 2 is 1.76 bits per heavy atom. The SMILES string of the molecule is Cc1ccc(NC(=S)NCCNc2nc3cc(C)c(C)cc3cc2C#N)c(C)c1. The van der Waals surface area contributed by atoms with Gasteiger partial charge in [0, 0.05) is 24.2 Å². The predicted octanol–water partition coefficient (Wildman–Crippen LogP) is 4.74. The van der Waals surface area contributed by atoms with Crippen LogP contribution in [0.1, 0.15) is 27.8 Å². The molecule has 6 heteroatoms. The lowest BCUT2D eigenvalue weighted by molar-refractivity contribution is 0.911. The van der Waals surface area contributed by atoms with Crippen molar-refractivity contribution in [2.75, 3.05) is 23.7 Å². The summed E-state index contributed by atoms with van der Waals surface area (Å²) in [6, 6.07) is 14.4. The molecule has 148 valence electrons. The van der Waals surface area contributed by atoms with E-state index in [-0.39, 0.29) is 0 Å². The summed E-state index contributed by atoms with van der Waals surface area (Å²) in [6.07, 6.45) is 0. The summed E-state index contributed by atoms with van der Waals surface area (Å²) >= 11 is 5.38. The highest BCUT2D eigenvalue weighted by Gasteiger charge is 2.08. The zero-order chi connectivity index (χ0) is 21.0. The highest BCUT2D eigenvalue weighted by molar-refractivity contribution is 7.80. The van der Waals surface area contributed by atoms with E-state index < -0.39 is 0 Å². The minimum atomic E-state index is 0.539. The smallest absolute Gasteiger partial charge is 0.170 e. The summed E-state index contributed by atoms with van der Waals surface area (Å²) in [4.78, 5) is 4.64. The molecule has 0 spiro atoms. The van der Waals surface area contributed by atoms with Crippen LogP contribution in [0.2, 0.25) is 0 Å². The zero-order valence-electron chi connectivity index (χ0n) is 17.2. The highest BCUT2D eigenvalue weighted by Crippen LogP contribution is 2.23. The van der Waals surface area contributed by atoms with E-state index in [0.29, 0.717) is 29.6 Å². The molecule has 2 aromatic carbocycles. The molecule has 0 amide bonds. The molecular weight excluding hydrogens is 378 g/mol. The van der Waals surface area contributed by atoms with Gasteiger partial charge in [-0.1, -0.05) is 17.7 Å². The summed E-state index contributed by atoms with van der Waals surface area (Å²) in [7, 11) is 0. The average Bonchev–Trinajstić information content (AvgIpc) is 2.68. The molecule has 0 aliphatic carbocycles. The van der Waals surface area contributed by atoms with Gasteiger partial charge in [0.15, 0.2) is 5.11 Å². The third-order valence-electron chi connectivity index (χ3n) is 4.88. The molecule has 0 saturated carbocycles. The average molecular weight is 404 g/mol. The maximum atomic E-state index is 9.48. The van der Waals surface area contributed by atoms with Crippen LogP contribution in [-0.4, -0.2) is 23.2 Å². The number of benzene rings is 2. The first kappa shape index (κ1) is 20.6. The number of thiocarbonyl (C=S) groups is 1. The van der Waals surface area contributed by atoms with Crippen LogP contribution in [0.15, 0.2) is 36.4 Å². The van der Waals surface area contributed by atoms with Crippen LogP contribution >= 0.6 is 12.2 Å². The molecule has 0 unspecified atom stereocenters. The summed E-state index contributed by atoms with van der Waals surface area (Å²) in [5.74, 6) is 0.596. The lowest BCUT2D eigenvalue weighted by Crippen LogP contribution is -2.32. The normalized spacial score (nSPS) is 10.4. The Morgan fingerprint density at radius 3 is 2.48 bits per heavy atom. The first-order valence-electron chi connectivity index (χ1n) is 9.55. The second kappa shape index (κ2) is 8.89. The lowest BCUT2D eigenvalue weighted by Gasteiger charge is -2.14. The van der Waals surface area contributed by atoms with E-state index in [1.807, 2.05) is 12.1 Å². The van der Waals surface area contributed by atoms with Gasteiger partial charge in [-0.25, -0.2) is 4.98 Å². The minimum Gasteiger partial charge on any atom is -0.367 e. The zero-order valence-corrected chi connectivity index (χ0v) is 18.0. The second-order valence-electron chi connectivity index (χ2n) is 7.25. The number of rotatable bonds is 5. The van der Waals surface area contributed by atoms with E-state index in [0.717, 1.165) is 22.2 Å². The molecular formula is C23H25N5S. The molecule has 0 atom stereocenters. The largest absolute Gasteiger partial charge is 0.367 e. The molecule has 5 nitrogen and oxygen atoms in total. The maximum absolute atomic E-state index is 9.48. The summed E-state index contributed by atoms with van der Waals surface area (Å²) in [5, 5.41) is 20.7. The number of hydrogen-bond acceptors (Lipinski definition) is 4. The lowest BCUT2D eigenvalue weighted by atomic mass is 10.0. The molecule has 0 aliphatic heterocycles. The van der Waals surface area contributed by atoms with Crippen LogP contribution in [0.4, 0.5) is 11.5 Å². The van der Waals surface area contributed by atoms with Crippen molar-refractivity contribution in [1.29, 1.82) is 5.26 Å². The topological polar surface area (TPSA) is 72.8 Å². The molecule has 1 aromatic heterocycles. The minimum absolute atomic E-state index is 0.539. The third kappa shape index (κ3) is 5.01. The number of anilines is 2. The fraction of sp³-hybridized carbons (Fsp3) is 0.261. The van der Waals surface area contributed by atoms with Gasteiger partial charge in [0.2, 0.25) is 0 Å². The first-order chi connectivity index (χ1) is 13.9. The quantitative estimate of drug-likeness (QED) is 0.422. The van der Waals surface area contributed by atoms with Gasteiger partial charge < -0.3 is 16.0 Å². The van der Waals surface area contributed by atoms with Crippen molar-refractivity contribution >= 4 is 39.7 Å². The summed E-state index contributed by atoms with van der Waals surface area (Å²) < 4.78 is 0. The van der Waals surface area contributed by atoms with E-state index in [1.54, 1.807) is 0 Å². The van der Waals surface area contributed by atoms with Crippen LogP contribution in [-0.2, 0) is 0 Å². The Bertz CT molecular complexity index is 1110. The van der Waals surface area contributed by atoms with Crippen molar-refractivity contribution < 1.29 is 0 Å². The number of aryl methyl sites for hydroxylation is 4. The number of nitriles is 1. The Balaban J connectivity index is 1.60. The van der Waals surface area contributed by atoms with Gasteiger partial charge in [-0.15, -0.1) is 0 Å². The van der Waals surface area contributed by atoms with E-state index >= 15 is 0 Å². The summed E-state index contributed by atoms with van der Waals surface area (Å²) in [5.41, 5.74) is 7.17. The Kier molecular flexibility index (Phi) is 6.30. The van der Waals surface area contributed by atoms with Gasteiger partial charge in [-0.3, -0.25) is 0 Å². The van der Waals surface area contributed by atoms with Crippen molar-refractivity contribution in [3.05, 3.63) is 64.2 Å². The Hall–Kier alpha value is -3.17. The number of fused-ring (bicyclic) bond motifs is 1. The molecule has 3 rings (SSSR count). The van der Waals surface area contributed by atoms with Gasteiger partial charge in [-0.2, -0.15) is 5.26 Å². The molecule has 1 heterocycles. The maximum Gasteiger partial charge on any atom is 0.170 e. The Morgan fingerprint density at radius 1 is 1.00 bits per heavy atom. The molecule has 0 fully saturated rings. The van der Waals surface area contributed by atoms with E-state index in [9.17, 15) is 5.26 Å². The first-order valence-corrected chi connectivity index (χ1v) is 9.96. The van der Waals surface area contributed by atoms with Gasteiger partial charge in [0.25, 0.3) is 0 Å². The van der Waals surface area contributed by atoms with Gasteiger partial charge in [-0.05, 0) is 80.9 Å². The van der Waals surface area contributed by atoms with Crippen LogP contribution in [0.3, 0.4) is 0 Å². The Labute approximate surface area is 177 Å². The second-order valence-corrected chi connectivity index (χ2v) is 7.66. The third-order valence-corrected chi connectivity index (χ3v) is 5.13. The number of nitrogens with one attached hydrogen (secondary N) is 3. The number of hydrogen-bond donors (Lipinski definition) is 3. The van der Waals surface area contributed by atoms with E-state index in [1.165, 1.54) is 16.7 Å². The van der Waals surface area contributed by atoms with Crippen LogP contribution in [0.5, 0.6) is 0 Å². The van der Waals surface area contributed by atoms with Crippen LogP contribution in [0, 0.1) is 39.0 Å². The molecule has 29 heavy (non-hydrogen) atoms. The van der Waals surface area contributed by atoms with Gasteiger partial charge in [0.05, 0.1) is 11.1 Å². The number of aromatic nitrogens is 1. The monoisotopic (exact) mass is 403 g/mol. The fourth-order valence-corrected chi connectivity index (χ4v) is 3.35. The molecule has 3 aromatic rings. The van der Waals surface area contributed by atoms with E-state index in [2.05, 4.69) is 79.0 Å². The number of nitrogens with zero attached hydrogens (tertiary/aromatic N) is 2. The van der Waals surface area contributed by atoms with Crippen LogP contribution < -0.4 is 16.0 Å². The summed E-state index contributed by atoms with van der Waals surface area (Å²) in [6.45, 7) is 9.44. The van der Waals surface area contributed by atoms with Crippen molar-refractivity contribution in [3.63, 3.8) is 0 Å². The standard InChI is InChI=1S/C23H25N5S/c1-14-5-6-20(17(4)9-14)28-23(29)26-8-7-25-22-19(13-24)12-18-10-15(2)16(3)11-21(18)27-22/h5-6,9-12H,7-8H2,1-4H3,(H,25,27)(H2,26,28,29). The van der Waals surface area contributed by atoms with Crippen molar-refractivity contribution in [2.24, 2.45) is 0 Å². The van der Waals surface area contributed by atoms with Crippen molar-refractivity contribution in [3.8, 4) is 6.07 Å². The number of pyridine rings is 1. The van der Waals surface area contributed by atoms with Gasteiger partial charge in [0.1, 0.15) is 11.9 Å². The highest BCUT2D eigenvalue weighted by atomic mass is 32.1. The van der Waals surface area contributed by atoms with Crippen molar-refractivity contribution in [2.45, 2.75) is 27.7 Å². The molecule has 0 radical (unpaired) electrons. The van der Waals surface area contributed by atoms with Crippen LogP contribution in [0.25, 0.3) is 10.9 Å². The van der Waals surface area contributed by atoms with E-state index in [4.69, 9.17) is 12.2 Å².